The van der Waals surface area contributed by atoms with E-state index in [0.29, 0.717) is 57.9 Å². The molecule has 1 aromatic carbocycles. The minimum absolute atomic E-state index is 0.0206. The van der Waals surface area contributed by atoms with E-state index < -0.39 is 30.7 Å². The average Bonchev–Trinajstić information content (AvgIpc) is 3.42. The van der Waals surface area contributed by atoms with Gasteiger partial charge in [-0.2, -0.15) is 0 Å². The highest BCUT2D eigenvalue weighted by molar-refractivity contribution is 5.88. The zero-order valence-electron chi connectivity index (χ0n) is 47.1. The normalized spacial score (nSPS) is 13.2. The molecule has 0 aliphatic carbocycles. The van der Waals surface area contributed by atoms with Crippen molar-refractivity contribution in [3.05, 3.63) is 169 Å². The zero-order valence-corrected chi connectivity index (χ0v) is 47.1. The number of aliphatic hydroxyl groups is 2. The van der Waals surface area contributed by atoms with E-state index in [1.807, 2.05) is 6.08 Å². The number of rotatable bonds is 47. The number of aryl methyl sites for hydroxylation is 2. The van der Waals surface area contributed by atoms with E-state index in [4.69, 9.17) is 0 Å². The Kier molecular flexibility index (Phi) is 45.9. The van der Waals surface area contributed by atoms with Gasteiger partial charge in [0.05, 0.1) is 18.8 Å². The molecule has 416 valence electrons. The van der Waals surface area contributed by atoms with Gasteiger partial charge in [-0.25, -0.2) is 0 Å². The Hall–Kier alpha value is -5.31. The number of hydrogen-bond donors (Lipinski definition) is 5. The first-order chi connectivity index (χ1) is 36.8. The summed E-state index contributed by atoms with van der Waals surface area (Å²) in [7, 11) is 0. The standard InChI is InChI=1S/C67H103N3O5/c1-4-7-10-13-16-18-20-22-24-26-27-29-30-32-34-36-38-41-44-50-64(73)68-58-47-46-49-63(69-65(74)51-45-42-39-37-35-33-31-28-25-23-21-19-17-14-11-8-5-2)66(75)70-67(59-71,60-72)57-56-62-54-52-61(53-55-62)48-43-40-15-12-9-6-3/h7-8,10-11,16-19,22-25,27,29,31-34,37-39,41,52-55,63,71-72H,4-6,9,12-15,20-21,26,28,30,35-36,40,42-51,56-60H2,1-3H3,(H,68,73)(H,69,74)(H,70,75)/t63-/m0/s1. The van der Waals surface area contributed by atoms with E-state index in [1.165, 1.54) is 44.1 Å². The van der Waals surface area contributed by atoms with Crippen LogP contribution in [0.2, 0.25) is 0 Å². The molecule has 0 fully saturated rings. The van der Waals surface area contributed by atoms with Crippen LogP contribution < -0.4 is 16.0 Å². The summed E-state index contributed by atoms with van der Waals surface area (Å²) in [5.74, 6) is -0.670. The molecule has 1 aromatic rings. The lowest BCUT2D eigenvalue weighted by molar-refractivity contribution is -0.131. The van der Waals surface area contributed by atoms with Gasteiger partial charge in [-0.3, -0.25) is 14.4 Å². The van der Waals surface area contributed by atoms with Crippen LogP contribution in [0.4, 0.5) is 0 Å². The summed E-state index contributed by atoms with van der Waals surface area (Å²) in [6.07, 6.45) is 71.9. The van der Waals surface area contributed by atoms with Gasteiger partial charge in [-0.15, -0.1) is 0 Å². The molecule has 5 N–H and O–H groups in total. The second kappa shape index (κ2) is 50.8. The molecule has 0 radical (unpaired) electrons. The molecular formula is C67H103N3O5. The van der Waals surface area contributed by atoms with Crippen molar-refractivity contribution in [1.82, 2.24) is 16.0 Å². The molecule has 3 amide bonds. The minimum Gasteiger partial charge on any atom is -0.394 e. The summed E-state index contributed by atoms with van der Waals surface area (Å²) >= 11 is 0. The summed E-state index contributed by atoms with van der Waals surface area (Å²) in [6.45, 7) is 6.11. The third-order valence-electron chi connectivity index (χ3n) is 12.7. The van der Waals surface area contributed by atoms with Crippen molar-refractivity contribution in [2.45, 2.75) is 212 Å². The lowest BCUT2D eigenvalue weighted by Crippen LogP contribution is -2.59. The first-order valence-corrected chi connectivity index (χ1v) is 29.1. The van der Waals surface area contributed by atoms with Gasteiger partial charge in [0.2, 0.25) is 17.7 Å². The topological polar surface area (TPSA) is 128 Å². The molecule has 0 spiro atoms. The Morgan fingerprint density at radius 3 is 1.36 bits per heavy atom. The van der Waals surface area contributed by atoms with Gasteiger partial charge in [0.25, 0.3) is 0 Å². The van der Waals surface area contributed by atoms with Gasteiger partial charge >= 0.3 is 0 Å². The SMILES string of the molecule is CCC=CCC=CCC=CCC=CCC=CCC=CCCC(=O)NCCCC[C@H](NC(=O)CCCC=CCC=CCC=CCC=CCC=CCC)C(=O)NC(CO)(CO)CCc1ccc(CCCCCCCC)cc1. The number of nitrogens with one attached hydrogen (secondary N) is 3. The lowest BCUT2D eigenvalue weighted by atomic mass is 9.91. The highest BCUT2D eigenvalue weighted by atomic mass is 16.3. The quantitative estimate of drug-likeness (QED) is 0.0328. The van der Waals surface area contributed by atoms with Crippen LogP contribution in [-0.2, 0) is 27.2 Å². The molecule has 1 atom stereocenters. The predicted molar refractivity (Wildman–Crippen MR) is 321 cm³/mol. The van der Waals surface area contributed by atoms with Crippen LogP contribution >= 0.6 is 0 Å². The highest BCUT2D eigenvalue weighted by Gasteiger charge is 2.33. The molecule has 0 bridgehead atoms. The van der Waals surface area contributed by atoms with E-state index in [9.17, 15) is 24.6 Å². The van der Waals surface area contributed by atoms with Crippen LogP contribution in [0.5, 0.6) is 0 Å². The van der Waals surface area contributed by atoms with Crippen molar-refractivity contribution in [3.8, 4) is 0 Å². The Labute approximate surface area is 457 Å². The third kappa shape index (κ3) is 41.6. The highest BCUT2D eigenvalue weighted by Crippen LogP contribution is 2.18. The molecule has 0 aliphatic rings. The molecule has 1 rings (SSSR count). The predicted octanol–water partition coefficient (Wildman–Crippen LogP) is 15.5. The number of aliphatic hydroxyl groups excluding tert-OH is 2. The molecule has 0 aliphatic heterocycles. The average molecular weight is 1030 g/mol. The van der Waals surface area contributed by atoms with Crippen LogP contribution in [0.25, 0.3) is 0 Å². The summed E-state index contributed by atoms with van der Waals surface area (Å²) in [5.41, 5.74) is 1.11. The van der Waals surface area contributed by atoms with Gasteiger partial charge in [0.1, 0.15) is 6.04 Å². The van der Waals surface area contributed by atoms with Gasteiger partial charge in [-0.1, -0.05) is 211 Å². The van der Waals surface area contributed by atoms with Crippen molar-refractivity contribution in [2.75, 3.05) is 19.8 Å². The van der Waals surface area contributed by atoms with Crippen molar-refractivity contribution < 1.29 is 24.6 Å². The molecule has 0 saturated heterocycles. The van der Waals surface area contributed by atoms with E-state index >= 15 is 0 Å². The number of amides is 3. The molecule has 8 heteroatoms. The smallest absolute Gasteiger partial charge is 0.243 e. The van der Waals surface area contributed by atoms with Gasteiger partial charge < -0.3 is 26.2 Å². The van der Waals surface area contributed by atoms with E-state index in [2.05, 4.69) is 189 Å². The summed E-state index contributed by atoms with van der Waals surface area (Å²) in [5, 5.41) is 30.0. The molecule has 0 aromatic heterocycles. The second-order valence-corrected chi connectivity index (χ2v) is 19.4. The fraction of sp³-hybridized carbons (Fsp3) is 0.537. The number of unbranched alkanes of at least 4 members (excludes halogenated alkanes) is 7. The maximum absolute atomic E-state index is 13.9. The number of benzene rings is 1. The minimum atomic E-state index is -1.26. The van der Waals surface area contributed by atoms with Gasteiger partial charge in [0.15, 0.2) is 0 Å². The monoisotopic (exact) mass is 1030 g/mol. The fourth-order valence-corrected chi connectivity index (χ4v) is 7.99. The molecule has 75 heavy (non-hydrogen) atoms. The first-order valence-electron chi connectivity index (χ1n) is 29.1. The van der Waals surface area contributed by atoms with Crippen molar-refractivity contribution in [1.29, 1.82) is 0 Å². The van der Waals surface area contributed by atoms with E-state index in [0.717, 1.165) is 89.0 Å². The Morgan fingerprint density at radius 1 is 0.467 bits per heavy atom. The second-order valence-electron chi connectivity index (χ2n) is 19.4. The third-order valence-corrected chi connectivity index (χ3v) is 12.7. The Morgan fingerprint density at radius 2 is 0.893 bits per heavy atom. The summed E-state index contributed by atoms with van der Waals surface area (Å²) < 4.78 is 0. The van der Waals surface area contributed by atoms with Crippen molar-refractivity contribution in [2.24, 2.45) is 0 Å². The maximum atomic E-state index is 13.9. The van der Waals surface area contributed by atoms with Gasteiger partial charge in [-0.05, 0) is 146 Å². The molecule has 0 saturated carbocycles. The lowest BCUT2D eigenvalue weighted by Gasteiger charge is -2.33. The van der Waals surface area contributed by atoms with E-state index in [1.54, 1.807) is 0 Å². The Bertz CT molecular complexity index is 1910. The van der Waals surface area contributed by atoms with Crippen LogP contribution in [0, 0.1) is 0 Å². The maximum Gasteiger partial charge on any atom is 0.243 e. The number of carbonyl (C=O) groups excluding carboxylic acids is 3. The molecule has 0 heterocycles. The number of hydrogen-bond acceptors (Lipinski definition) is 5. The molecule has 8 nitrogen and oxygen atoms in total. The zero-order chi connectivity index (χ0) is 54.4. The molecular weight excluding hydrogens is 927 g/mol. The van der Waals surface area contributed by atoms with E-state index in [-0.39, 0.29) is 18.2 Å². The Balaban J connectivity index is 2.65. The number of allylic oxidation sites excluding steroid dienone is 22. The van der Waals surface area contributed by atoms with Crippen LogP contribution in [0.15, 0.2) is 158 Å². The van der Waals surface area contributed by atoms with Crippen molar-refractivity contribution >= 4 is 17.7 Å². The first kappa shape index (κ1) is 67.7. The van der Waals surface area contributed by atoms with Crippen LogP contribution in [0.3, 0.4) is 0 Å². The summed E-state index contributed by atoms with van der Waals surface area (Å²) in [6, 6.07) is 7.65. The van der Waals surface area contributed by atoms with Gasteiger partial charge in [0, 0.05) is 19.4 Å². The van der Waals surface area contributed by atoms with Crippen molar-refractivity contribution in [3.63, 3.8) is 0 Å². The fourth-order valence-electron chi connectivity index (χ4n) is 7.99. The van der Waals surface area contributed by atoms with Crippen LogP contribution in [-0.4, -0.2) is 59.3 Å². The summed E-state index contributed by atoms with van der Waals surface area (Å²) in [4.78, 5) is 39.8. The largest absolute Gasteiger partial charge is 0.394 e. The molecule has 0 unspecified atom stereocenters. The van der Waals surface area contributed by atoms with Crippen LogP contribution in [0.1, 0.15) is 199 Å². The number of carbonyl (C=O) groups is 3.